The summed E-state index contributed by atoms with van der Waals surface area (Å²) in [5, 5.41) is 8.87. The van der Waals surface area contributed by atoms with E-state index in [0.717, 1.165) is 34.3 Å². The number of esters is 1. The van der Waals surface area contributed by atoms with Crippen molar-refractivity contribution in [2.75, 3.05) is 6.61 Å². The Morgan fingerprint density at radius 3 is 2.22 bits per heavy atom. The number of carbonyl (C=O) groups is 3. The molecular formula is C25H22N2O5. The second kappa shape index (κ2) is 10.2. The van der Waals surface area contributed by atoms with Gasteiger partial charge in [-0.25, -0.2) is 14.6 Å². The fourth-order valence-electron chi connectivity index (χ4n) is 3.00. The van der Waals surface area contributed by atoms with Crippen molar-refractivity contribution >= 4 is 29.3 Å². The lowest BCUT2D eigenvalue weighted by Gasteiger charge is -2.00. The van der Waals surface area contributed by atoms with Crippen molar-refractivity contribution in [1.29, 1.82) is 0 Å². The number of nitrogens with zero attached hydrogens (tertiary/aromatic N) is 1. The highest BCUT2D eigenvalue weighted by molar-refractivity contribution is 5.90. The van der Waals surface area contributed by atoms with Crippen LogP contribution in [0.3, 0.4) is 0 Å². The largest absolute Gasteiger partial charge is 0.478 e. The molecule has 1 heterocycles. The van der Waals surface area contributed by atoms with Crippen molar-refractivity contribution in [3.05, 3.63) is 89.0 Å². The van der Waals surface area contributed by atoms with Crippen LogP contribution in [0.2, 0.25) is 0 Å². The van der Waals surface area contributed by atoms with Gasteiger partial charge in [0.05, 0.1) is 28.8 Å². The fraction of sp³-hybridized carbons (Fsp3) is 0.120. The number of rotatable bonds is 5. The number of aromatic carboxylic acids is 1. The maximum Gasteiger partial charge on any atom is 0.338 e. The molecule has 7 nitrogen and oxygen atoms in total. The smallest absolute Gasteiger partial charge is 0.338 e. The molecule has 0 amide bonds. The Hall–Kier alpha value is -4.26. The molecule has 32 heavy (non-hydrogen) atoms. The number of fused-ring (bicyclic) bond motifs is 1. The highest BCUT2D eigenvalue weighted by Gasteiger charge is 2.08. The first-order valence-electron chi connectivity index (χ1n) is 9.94. The lowest BCUT2D eigenvalue weighted by molar-refractivity contribution is 0.0525. The molecule has 7 heteroatoms. The second-order valence-electron chi connectivity index (χ2n) is 6.90. The Balaban J connectivity index is 0.000000195. The first-order chi connectivity index (χ1) is 15.4. The molecule has 0 bridgehead atoms. The van der Waals surface area contributed by atoms with E-state index < -0.39 is 5.97 Å². The molecule has 0 aliphatic rings. The Labute approximate surface area is 184 Å². The molecule has 2 N–H and O–H groups in total. The van der Waals surface area contributed by atoms with E-state index in [1.54, 1.807) is 55.5 Å². The van der Waals surface area contributed by atoms with E-state index in [-0.39, 0.29) is 11.5 Å². The molecule has 0 aliphatic carbocycles. The van der Waals surface area contributed by atoms with Gasteiger partial charge in [-0.15, -0.1) is 0 Å². The van der Waals surface area contributed by atoms with E-state index in [9.17, 15) is 14.4 Å². The molecular weight excluding hydrogens is 408 g/mol. The maximum absolute atomic E-state index is 11.1. The lowest BCUT2D eigenvalue weighted by Crippen LogP contribution is -2.04. The normalized spacial score (nSPS) is 10.2. The summed E-state index contributed by atoms with van der Waals surface area (Å²) < 4.78 is 4.77. The third-order valence-electron chi connectivity index (χ3n) is 4.68. The van der Waals surface area contributed by atoms with Crippen LogP contribution in [0.15, 0.2) is 66.7 Å². The molecule has 162 valence electrons. The molecule has 1 aromatic heterocycles. The van der Waals surface area contributed by atoms with Gasteiger partial charge in [0.25, 0.3) is 0 Å². The third-order valence-corrected chi connectivity index (χ3v) is 4.68. The van der Waals surface area contributed by atoms with Gasteiger partial charge < -0.3 is 14.8 Å². The summed E-state index contributed by atoms with van der Waals surface area (Å²) in [7, 11) is 0. The van der Waals surface area contributed by atoms with Crippen molar-refractivity contribution in [1.82, 2.24) is 9.97 Å². The number of nitrogens with one attached hydrogen (secondary N) is 1. The van der Waals surface area contributed by atoms with Gasteiger partial charge in [-0.2, -0.15) is 0 Å². The number of carboxylic acids is 1. The van der Waals surface area contributed by atoms with Crippen molar-refractivity contribution in [3.63, 3.8) is 0 Å². The van der Waals surface area contributed by atoms with Crippen LogP contribution in [0.5, 0.6) is 0 Å². The third kappa shape index (κ3) is 5.26. The maximum atomic E-state index is 11.1. The predicted octanol–water partition coefficient (Wildman–Crippen LogP) is 4.91. The minimum Gasteiger partial charge on any atom is -0.478 e. The summed E-state index contributed by atoms with van der Waals surface area (Å²) in [6.45, 7) is 4.12. The summed E-state index contributed by atoms with van der Waals surface area (Å²) in [5.41, 5.74) is 5.21. The van der Waals surface area contributed by atoms with E-state index in [1.807, 2.05) is 25.1 Å². The number of H-pyrrole nitrogens is 1. The number of aromatic amines is 1. The number of hydrogen-bond acceptors (Lipinski definition) is 5. The summed E-state index contributed by atoms with van der Waals surface area (Å²) in [4.78, 5) is 40.0. The molecule has 0 spiro atoms. The van der Waals surface area contributed by atoms with E-state index in [2.05, 4.69) is 9.97 Å². The van der Waals surface area contributed by atoms with Gasteiger partial charge in [-0.05, 0) is 49.7 Å². The van der Waals surface area contributed by atoms with Crippen LogP contribution in [0.4, 0.5) is 0 Å². The number of ether oxygens (including phenoxy) is 1. The quantitative estimate of drug-likeness (QED) is 0.344. The van der Waals surface area contributed by atoms with E-state index in [1.165, 1.54) is 0 Å². The zero-order valence-electron chi connectivity index (χ0n) is 17.7. The standard InChI is InChI=1S/C15H12N2O2.C10H10O3/c1-9-3-2-4-12-13(9)17-14(16-12)10-5-7-11(8-6-10)15(18)19;1-2-13-10(12)9-5-3-8(7-11)4-6-9/h2-8H,1H3,(H,16,17)(H,18,19);3-7H,2H2,1H3. The lowest BCUT2D eigenvalue weighted by atomic mass is 10.1. The Bertz CT molecular complexity index is 1240. The van der Waals surface area contributed by atoms with Crippen LogP contribution in [-0.4, -0.2) is 39.9 Å². The predicted molar refractivity (Wildman–Crippen MR) is 121 cm³/mol. The van der Waals surface area contributed by atoms with Crippen LogP contribution < -0.4 is 0 Å². The van der Waals surface area contributed by atoms with Gasteiger partial charge in [0, 0.05) is 11.1 Å². The first-order valence-corrected chi connectivity index (χ1v) is 9.94. The summed E-state index contributed by atoms with van der Waals surface area (Å²) in [6.07, 6.45) is 0.731. The number of aldehydes is 1. The van der Waals surface area contributed by atoms with Crippen molar-refractivity contribution in [3.8, 4) is 11.4 Å². The zero-order chi connectivity index (χ0) is 23.1. The number of imidazole rings is 1. The number of para-hydroxylation sites is 1. The molecule has 4 rings (SSSR count). The number of carboxylic acid groups (broad SMARTS) is 1. The monoisotopic (exact) mass is 430 g/mol. The van der Waals surface area contributed by atoms with Gasteiger partial charge in [-0.3, -0.25) is 4.79 Å². The van der Waals surface area contributed by atoms with Crippen LogP contribution >= 0.6 is 0 Å². The molecule has 0 fully saturated rings. The van der Waals surface area contributed by atoms with Crippen LogP contribution in [0.1, 0.15) is 43.6 Å². The van der Waals surface area contributed by atoms with Gasteiger partial charge in [-0.1, -0.05) is 36.4 Å². The zero-order valence-corrected chi connectivity index (χ0v) is 17.7. The van der Waals surface area contributed by atoms with Gasteiger partial charge in [0.15, 0.2) is 0 Å². The Kier molecular flexibility index (Phi) is 7.13. The fourth-order valence-corrected chi connectivity index (χ4v) is 3.00. The number of carbonyl (C=O) groups excluding carboxylic acids is 2. The van der Waals surface area contributed by atoms with E-state index >= 15 is 0 Å². The van der Waals surface area contributed by atoms with Crippen LogP contribution in [0.25, 0.3) is 22.4 Å². The van der Waals surface area contributed by atoms with Crippen molar-refractivity contribution < 1.29 is 24.2 Å². The van der Waals surface area contributed by atoms with Crippen LogP contribution in [0, 0.1) is 6.92 Å². The summed E-state index contributed by atoms with van der Waals surface area (Å²) in [6, 6.07) is 19.0. The molecule has 0 radical (unpaired) electrons. The molecule has 0 unspecified atom stereocenters. The van der Waals surface area contributed by atoms with E-state index in [4.69, 9.17) is 9.84 Å². The highest BCUT2D eigenvalue weighted by atomic mass is 16.5. The summed E-state index contributed by atoms with van der Waals surface area (Å²) >= 11 is 0. The second-order valence-corrected chi connectivity index (χ2v) is 6.90. The number of aromatic nitrogens is 2. The minimum absolute atomic E-state index is 0.274. The molecule has 0 atom stereocenters. The molecule has 4 aromatic rings. The van der Waals surface area contributed by atoms with Crippen molar-refractivity contribution in [2.24, 2.45) is 0 Å². The minimum atomic E-state index is -0.924. The number of benzene rings is 3. The van der Waals surface area contributed by atoms with E-state index in [0.29, 0.717) is 17.7 Å². The van der Waals surface area contributed by atoms with Gasteiger partial charge >= 0.3 is 11.9 Å². The highest BCUT2D eigenvalue weighted by Crippen LogP contribution is 2.22. The summed E-state index contributed by atoms with van der Waals surface area (Å²) in [5.74, 6) is -0.534. The molecule has 3 aromatic carbocycles. The van der Waals surface area contributed by atoms with Gasteiger partial charge in [0.2, 0.25) is 0 Å². The SMILES string of the molecule is CCOC(=O)c1ccc(C=O)cc1.Cc1cccc2[nH]c(-c3ccc(C(=O)O)cc3)nc12. The van der Waals surface area contributed by atoms with Crippen LogP contribution in [-0.2, 0) is 4.74 Å². The average Bonchev–Trinajstić information content (AvgIpc) is 3.26. The Morgan fingerprint density at radius 2 is 1.66 bits per heavy atom. The average molecular weight is 430 g/mol. The molecule has 0 saturated heterocycles. The van der Waals surface area contributed by atoms with Crippen molar-refractivity contribution in [2.45, 2.75) is 13.8 Å². The first kappa shape index (κ1) is 22.4. The van der Waals surface area contributed by atoms with Gasteiger partial charge in [0.1, 0.15) is 12.1 Å². The number of aryl methyl sites for hydroxylation is 1. The number of hydrogen-bond donors (Lipinski definition) is 2. The molecule has 0 aliphatic heterocycles. The Morgan fingerprint density at radius 1 is 1.00 bits per heavy atom. The topological polar surface area (TPSA) is 109 Å². The molecule has 0 saturated carbocycles.